The molecule has 3 nitrogen and oxygen atoms in total. The van der Waals surface area contributed by atoms with E-state index in [1.165, 1.54) is 54.8 Å². The zero-order valence-corrected chi connectivity index (χ0v) is 33.9. The first-order valence-electron chi connectivity index (χ1n) is 21.4. The van der Waals surface area contributed by atoms with Crippen molar-refractivity contribution in [3.8, 4) is 27.9 Å². The molecule has 1 unspecified atom stereocenters. The number of fused-ring (bicyclic) bond motifs is 7. The van der Waals surface area contributed by atoms with Gasteiger partial charge in [0.05, 0.1) is 16.7 Å². The lowest BCUT2D eigenvalue weighted by molar-refractivity contribution is 0.667. The van der Waals surface area contributed by atoms with E-state index < -0.39 is 0 Å². The van der Waals surface area contributed by atoms with Gasteiger partial charge in [-0.2, -0.15) is 0 Å². The molecule has 62 heavy (non-hydrogen) atoms. The van der Waals surface area contributed by atoms with Crippen molar-refractivity contribution in [3.63, 3.8) is 0 Å². The lowest BCUT2D eigenvalue weighted by Gasteiger charge is -2.31. The van der Waals surface area contributed by atoms with E-state index in [4.69, 9.17) is 4.42 Å². The number of hydrogen-bond acceptors (Lipinski definition) is 2. The number of hydrogen-bond donors (Lipinski definition) is 0. The summed E-state index contributed by atoms with van der Waals surface area (Å²) in [6.07, 6.45) is 6.72. The number of nitrogens with zero attached hydrogens (tertiary/aromatic N) is 2. The Morgan fingerprint density at radius 1 is 0.500 bits per heavy atom. The summed E-state index contributed by atoms with van der Waals surface area (Å²) in [5.41, 5.74) is 18.1. The second kappa shape index (κ2) is 14.9. The van der Waals surface area contributed by atoms with Crippen LogP contribution in [0.5, 0.6) is 0 Å². The van der Waals surface area contributed by atoms with E-state index in [1.807, 2.05) is 6.07 Å². The molecule has 2 heterocycles. The third-order valence-electron chi connectivity index (χ3n) is 12.5. The number of benzene rings is 9. The zero-order chi connectivity index (χ0) is 41.0. The third kappa shape index (κ3) is 5.91. The summed E-state index contributed by atoms with van der Waals surface area (Å²) in [4.78, 5) is 2.56. The molecule has 0 aliphatic heterocycles. The van der Waals surface area contributed by atoms with Gasteiger partial charge in [0.2, 0.25) is 0 Å². The minimum atomic E-state index is 0.0138. The van der Waals surface area contributed by atoms with Crippen molar-refractivity contribution in [2.45, 2.75) is 0 Å². The van der Waals surface area contributed by atoms with Crippen LogP contribution >= 0.6 is 0 Å². The molecular formula is C59H40N2O. The van der Waals surface area contributed by atoms with Crippen LogP contribution in [0.3, 0.4) is 0 Å². The van der Waals surface area contributed by atoms with Crippen LogP contribution in [-0.2, 0) is 0 Å². The van der Waals surface area contributed by atoms with Crippen LogP contribution in [0.15, 0.2) is 235 Å². The molecule has 0 fully saturated rings. The van der Waals surface area contributed by atoms with Gasteiger partial charge in [-0.1, -0.05) is 176 Å². The first-order chi connectivity index (χ1) is 30.8. The van der Waals surface area contributed by atoms with Gasteiger partial charge < -0.3 is 13.9 Å². The Bertz CT molecular complexity index is 3600. The molecule has 2 aromatic heterocycles. The minimum Gasteiger partial charge on any atom is -0.455 e. The van der Waals surface area contributed by atoms with E-state index in [9.17, 15) is 0 Å². The van der Waals surface area contributed by atoms with E-state index in [2.05, 4.69) is 234 Å². The van der Waals surface area contributed by atoms with E-state index >= 15 is 0 Å². The summed E-state index contributed by atoms with van der Waals surface area (Å²) in [6, 6.07) is 74.3. The van der Waals surface area contributed by atoms with Gasteiger partial charge in [-0.15, -0.1) is 5.73 Å². The number of rotatable bonds is 8. The standard InChI is InChI=1S/C59H40N2O/c1-3-19-41(20-4-1)45-29-14-21-42-22-15-31-50(57(42)45)47-26-7-10-34-53(47)60(55-36-17-32-51-48-27-8-11-35-54(48)61(58(51)55)44-24-5-2-6-25-44)39-40-18-13-23-43(38-40)46-30-16-33-52-49-28-9-12-37-56(49)62-59(46)52/h1-12,14-38,40H,39H2. The van der Waals surface area contributed by atoms with E-state index in [-0.39, 0.29) is 5.92 Å². The highest BCUT2D eigenvalue weighted by Gasteiger charge is 2.25. The van der Waals surface area contributed by atoms with Gasteiger partial charge in [-0.3, -0.25) is 0 Å². The van der Waals surface area contributed by atoms with Gasteiger partial charge in [0.25, 0.3) is 0 Å². The maximum Gasteiger partial charge on any atom is 0.143 e. The molecule has 0 saturated heterocycles. The van der Waals surface area contributed by atoms with Crippen molar-refractivity contribution >= 4 is 71.5 Å². The first kappa shape index (κ1) is 35.8. The first-order valence-corrected chi connectivity index (χ1v) is 21.4. The number of allylic oxidation sites excluding steroid dienone is 1. The van der Waals surface area contributed by atoms with Crippen LogP contribution in [0.1, 0.15) is 5.56 Å². The third-order valence-corrected chi connectivity index (χ3v) is 12.5. The van der Waals surface area contributed by atoms with Crippen molar-refractivity contribution in [2.75, 3.05) is 11.4 Å². The fourth-order valence-corrected chi connectivity index (χ4v) is 9.80. The Labute approximate surface area is 360 Å². The summed E-state index contributed by atoms with van der Waals surface area (Å²) in [5.74, 6) is 0.0138. The quantitative estimate of drug-likeness (QED) is 0.143. The van der Waals surface area contributed by atoms with Crippen molar-refractivity contribution in [2.24, 2.45) is 5.92 Å². The molecule has 0 saturated carbocycles. The Hall–Kier alpha value is -8.10. The normalized spacial score (nSPS) is 13.7. The second-order valence-corrected chi connectivity index (χ2v) is 16.1. The van der Waals surface area contributed by atoms with Crippen molar-refractivity contribution in [3.05, 3.63) is 236 Å². The van der Waals surface area contributed by atoms with Crippen LogP contribution in [0.4, 0.5) is 11.4 Å². The van der Waals surface area contributed by atoms with Crippen LogP contribution in [0.2, 0.25) is 0 Å². The molecular weight excluding hydrogens is 753 g/mol. The maximum absolute atomic E-state index is 6.55. The summed E-state index contributed by atoms with van der Waals surface area (Å²) >= 11 is 0. The summed E-state index contributed by atoms with van der Waals surface area (Å²) < 4.78 is 9.00. The molecule has 3 heteroatoms. The van der Waals surface area contributed by atoms with Gasteiger partial charge in [0.15, 0.2) is 0 Å². The summed E-state index contributed by atoms with van der Waals surface area (Å²) in [5, 5.41) is 7.15. The number of aromatic nitrogens is 1. The molecule has 0 N–H and O–H groups in total. The highest BCUT2D eigenvalue weighted by molar-refractivity contribution is 6.15. The zero-order valence-electron chi connectivity index (χ0n) is 33.9. The number of furan rings is 1. The molecule has 0 amide bonds. The Morgan fingerprint density at radius 3 is 2.00 bits per heavy atom. The molecule has 292 valence electrons. The SMILES string of the molecule is C1=CC(c2cccc3c2oc2ccccc23)=CC(CN(c2ccccc2-c2cccc3cccc(-c4ccccc4)c23)c2cccc3c4ccccc4n(-c4ccccc4)c23)C=1. The molecule has 11 aromatic rings. The average molecular weight is 793 g/mol. The lowest BCUT2D eigenvalue weighted by atomic mass is 9.90. The Balaban J connectivity index is 1.09. The van der Waals surface area contributed by atoms with Crippen molar-refractivity contribution in [1.82, 2.24) is 4.57 Å². The molecule has 1 aliphatic rings. The number of para-hydroxylation sites is 6. The molecule has 1 aliphatic carbocycles. The topological polar surface area (TPSA) is 21.3 Å². The maximum atomic E-state index is 6.55. The van der Waals surface area contributed by atoms with Crippen LogP contribution < -0.4 is 4.90 Å². The Morgan fingerprint density at radius 2 is 1.13 bits per heavy atom. The molecule has 0 spiro atoms. The van der Waals surface area contributed by atoms with Gasteiger partial charge in [0.1, 0.15) is 11.2 Å². The fourth-order valence-electron chi connectivity index (χ4n) is 9.80. The molecule has 0 bridgehead atoms. The fraction of sp³-hybridized carbons (Fsp3) is 0.0339. The molecule has 1 atom stereocenters. The molecule has 0 radical (unpaired) electrons. The van der Waals surface area contributed by atoms with Crippen LogP contribution in [-0.4, -0.2) is 11.1 Å². The van der Waals surface area contributed by atoms with Crippen molar-refractivity contribution in [1.29, 1.82) is 0 Å². The van der Waals surface area contributed by atoms with E-state index in [1.54, 1.807) is 0 Å². The van der Waals surface area contributed by atoms with Crippen LogP contribution in [0, 0.1) is 5.92 Å². The summed E-state index contributed by atoms with van der Waals surface area (Å²) in [6.45, 7) is 0.670. The Kier molecular flexibility index (Phi) is 8.59. The smallest absolute Gasteiger partial charge is 0.143 e. The number of anilines is 2. The van der Waals surface area contributed by atoms with Crippen LogP contribution in [0.25, 0.3) is 88.0 Å². The highest BCUT2D eigenvalue weighted by Crippen LogP contribution is 2.46. The predicted octanol–water partition coefficient (Wildman–Crippen LogP) is 15.7. The summed E-state index contributed by atoms with van der Waals surface area (Å²) in [7, 11) is 0. The molecule has 12 rings (SSSR count). The van der Waals surface area contributed by atoms with Gasteiger partial charge >= 0.3 is 0 Å². The molecule has 9 aromatic carbocycles. The van der Waals surface area contributed by atoms with Gasteiger partial charge in [-0.25, -0.2) is 0 Å². The van der Waals surface area contributed by atoms with E-state index in [0.29, 0.717) is 6.54 Å². The average Bonchev–Trinajstić information content (AvgIpc) is 3.90. The predicted molar refractivity (Wildman–Crippen MR) is 260 cm³/mol. The van der Waals surface area contributed by atoms with E-state index in [0.717, 1.165) is 50.1 Å². The monoisotopic (exact) mass is 792 g/mol. The second-order valence-electron chi connectivity index (χ2n) is 16.1. The van der Waals surface area contributed by atoms with Crippen molar-refractivity contribution < 1.29 is 4.42 Å². The largest absolute Gasteiger partial charge is 0.455 e. The minimum absolute atomic E-state index is 0.0138. The lowest BCUT2D eigenvalue weighted by Crippen LogP contribution is -2.25. The van der Waals surface area contributed by atoms with Gasteiger partial charge in [-0.05, 0) is 81.6 Å². The van der Waals surface area contributed by atoms with Gasteiger partial charge in [0, 0.05) is 56.5 Å². The highest BCUT2D eigenvalue weighted by atomic mass is 16.3.